The molecule has 0 N–H and O–H groups in total. The fourth-order valence-electron chi connectivity index (χ4n) is 8.99. The van der Waals surface area contributed by atoms with Crippen LogP contribution >= 0.6 is 0 Å². The molecular formula is C49H43N. The lowest BCUT2D eigenvalue weighted by atomic mass is 9.81. The average Bonchev–Trinajstić information content (AvgIpc) is 3.41. The van der Waals surface area contributed by atoms with Crippen molar-refractivity contribution in [1.82, 2.24) is 0 Å². The van der Waals surface area contributed by atoms with Gasteiger partial charge in [-0.2, -0.15) is 0 Å². The summed E-state index contributed by atoms with van der Waals surface area (Å²) in [6, 6.07) is 58.8. The molecule has 0 aliphatic heterocycles. The summed E-state index contributed by atoms with van der Waals surface area (Å²) in [4.78, 5) is 2.51. The van der Waals surface area contributed by atoms with E-state index in [9.17, 15) is 0 Å². The highest BCUT2D eigenvalue weighted by molar-refractivity contribution is 6.04. The van der Waals surface area contributed by atoms with Gasteiger partial charge in [0.05, 0.1) is 11.4 Å². The van der Waals surface area contributed by atoms with Gasteiger partial charge in [-0.3, -0.25) is 0 Å². The lowest BCUT2D eigenvalue weighted by Gasteiger charge is -2.31. The van der Waals surface area contributed by atoms with Gasteiger partial charge in [0.25, 0.3) is 0 Å². The maximum atomic E-state index is 2.51. The van der Waals surface area contributed by atoms with E-state index in [0.717, 1.165) is 0 Å². The zero-order valence-electron chi connectivity index (χ0n) is 29.1. The predicted molar refractivity (Wildman–Crippen MR) is 213 cm³/mol. The van der Waals surface area contributed by atoms with Gasteiger partial charge in [-0.15, -0.1) is 0 Å². The van der Waals surface area contributed by atoms with Crippen LogP contribution in [0.1, 0.15) is 68.6 Å². The van der Waals surface area contributed by atoms with Gasteiger partial charge in [0, 0.05) is 22.2 Å². The highest BCUT2D eigenvalue weighted by atomic mass is 15.1. The van der Waals surface area contributed by atoms with Crippen LogP contribution in [-0.4, -0.2) is 0 Å². The van der Waals surface area contributed by atoms with Crippen LogP contribution in [-0.2, 0) is 5.41 Å². The quantitative estimate of drug-likeness (QED) is 0.174. The predicted octanol–water partition coefficient (Wildman–Crippen LogP) is 14.0. The van der Waals surface area contributed by atoms with E-state index >= 15 is 0 Å². The Morgan fingerprint density at radius 1 is 0.460 bits per heavy atom. The zero-order valence-corrected chi connectivity index (χ0v) is 29.1. The van der Waals surface area contributed by atoms with Gasteiger partial charge in [0.1, 0.15) is 0 Å². The van der Waals surface area contributed by atoms with Crippen molar-refractivity contribution in [2.45, 2.75) is 57.3 Å². The van der Waals surface area contributed by atoms with E-state index in [1.54, 1.807) is 0 Å². The average molecular weight is 646 g/mol. The zero-order chi connectivity index (χ0) is 33.7. The third kappa shape index (κ3) is 5.07. The molecule has 9 rings (SSSR count). The second kappa shape index (κ2) is 12.5. The molecule has 7 aromatic rings. The Morgan fingerprint density at radius 3 is 1.82 bits per heavy atom. The van der Waals surface area contributed by atoms with Crippen molar-refractivity contribution in [3.05, 3.63) is 174 Å². The standard InChI is InChI=1S/C49H43N/c1-49(2)45-26-14-11-24-42(45)43-30-29-36(33-46(43)49)50(47-27-15-12-21-38(47)35-19-7-4-8-20-35)48-28-16-13-25-44(48)41-32-31-37(34-17-5-3-6-18-34)39-22-9-10-23-40(39)41/h4,7-16,19-34H,3,5-6,17-18H2,1-2H3. The van der Waals surface area contributed by atoms with Crippen LogP contribution in [0.5, 0.6) is 0 Å². The molecule has 0 aromatic heterocycles. The topological polar surface area (TPSA) is 3.24 Å². The summed E-state index contributed by atoms with van der Waals surface area (Å²) in [5, 5.41) is 2.74. The Hall–Kier alpha value is -5.40. The number of nitrogens with zero attached hydrogens (tertiary/aromatic N) is 1. The molecule has 0 heterocycles. The van der Waals surface area contributed by atoms with Crippen LogP contribution in [0, 0.1) is 0 Å². The second-order valence-electron chi connectivity index (χ2n) is 14.7. The summed E-state index contributed by atoms with van der Waals surface area (Å²) in [6.07, 6.45) is 6.63. The van der Waals surface area contributed by atoms with Crippen LogP contribution in [0.3, 0.4) is 0 Å². The third-order valence-electron chi connectivity index (χ3n) is 11.5. The molecule has 0 atom stereocenters. The number of hydrogen-bond donors (Lipinski definition) is 0. The van der Waals surface area contributed by atoms with Crippen molar-refractivity contribution in [2.75, 3.05) is 4.90 Å². The van der Waals surface area contributed by atoms with E-state index in [2.05, 4.69) is 176 Å². The first-order valence-electron chi connectivity index (χ1n) is 18.4. The lowest BCUT2D eigenvalue weighted by Crippen LogP contribution is -2.17. The molecule has 1 heteroatoms. The first kappa shape index (κ1) is 30.6. The molecule has 2 aliphatic carbocycles. The first-order chi connectivity index (χ1) is 24.6. The second-order valence-corrected chi connectivity index (χ2v) is 14.7. The van der Waals surface area contributed by atoms with Crippen molar-refractivity contribution in [2.24, 2.45) is 0 Å². The van der Waals surface area contributed by atoms with Gasteiger partial charge in [-0.25, -0.2) is 0 Å². The largest absolute Gasteiger partial charge is 0.309 e. The molecule has 244 valence electrons. The fraction of sp³-hybridized carbons (Fsp3) is 0.184. The summed E-state index contributed by atoms with van der Waals surface area (Å²) in [5.41, 5.74) is 15.3. The van der Waals surface area contributed by atoms with E-state index in [1.807, 2.05) is 0 Å². The minimum atomic E-state index is -0.1000. The first-order valence-corrected chi connectivity index (χ1v) is 18.4. The number of benzene rings is 7. The maximum Gasteiger partial charge on any atom is 0.0540 e. The monoisotopic (exact) mass is 645 g/mol. The smallest absolute Gasteiger partial charge is 0.0540 e. The van der Waals surface area contributed by atoms with Crippen LogP contribution in [0.15, 0.2) is 158 Å². The van der Waals surface area contributed by atoms with Gasteiger partial charge < -0.3 is 4.90 Å². The molecule has 1 fully saturated rings. The summed E-state index contributed by atoms with van der Waals surface area (Å²) < 4.78 is 0. The Kier molecular flexibility index (Phi) is 7.65. The lowest BCUT2D eigenvalue weighted by molar-refractivity contribution is 0.445. The van der Waals surface area contributed by atoms with E-state index < -0.39 is 0 Å². The summed E-state index contributed by atoms with van der Waals surface area (Å²) in [5.74, 6) is 0.645. The molecule has 0 saturated heterocycles. The van der Waals surface area contributed by atoms with Gasteiger partial charge in [0.15, 0.2) is 0 Å². The van der Waals surface area contributed by atoms with Crippen LogP contribution in [0.4, 0.5) is 17.1 Å². The van der Waals surface area contributed by atoms with E-state index in [0.29, 0.717) is 5.92 Å². The van der Waals surface area contributed by atoms with Crippen molar-refractivity contribution < 1.29 is 0 Å². The van der Waals surface area contributed by atoms with Crippen LogP contribution in [0.25, 0.3) is 44.2 Å². The van der Waals surface area contributed by atoms with Gasteiger partial charge in [-0.1, -0.05) is 167 Å². The van der Waals surface area contributed by atoms with E-state index in [-0.39, 0.29) is 5.41 Å². The molecule has 0 spiro atoms. The summed E-state index contributed by atoms with van der Waals surface area (Å²) in [7, 11) is 0. The SMILES string of the molecule is CC1(C)c2ccccc2-c2ccc(N(c3ccccc3-c3ccccc3)c3ccccc3-c3ccc(C4CCCCC4)c4ccccc34)cc21. The van der Waals surface area contributed by atoms with Crippen molar-refractivity contribution in [1.29, 1.82) is 0 Å². The van der Waals surface area contributed by atoms with Crippen molar-refractivity contribution in [3.8, 4) is 33.4 Å². The van der Waals surface area contributed by atoms with Crippen LogP contribution in [0.2, 0.25) is 0 Å². The Bertz CT molecular complexity index is 2340. The summed E-state index contributed by atoms with van der Waals surface area (Å²) >= 11 is 0. The van der Waals surface area contributed by atoms with E-state index in [1.165, 1.54) is 110 Å². The molecule has 0 radical (unpaired) electrons. The highest BCUT2D eigenvalue weighted by Crippen LogP contribution is 2.52. The molecule has 7 aromatic carbocycles. The molecule has 50 heavy (non-hydrogen) atoms. The molecule has 2 aliphatic rings. The van der Waals surface area contributed by atoms with Crippen molar-refractivity contribution in [3.63, 3.8) is 0 Å². The molecule has 0 unspecified atom stereocenters. The third-order valence-corrected chi connectivity index (χ3v) is 11.5. The van der Waals surface area contributed by atoms with Crippen LogP contribution < -0.4 is 4.90 Å². The highest BCUT2D eigenvalue weighted by Gasteiger charge is 2.36. The number of anilines is 3. The summed E-state index contributed by atoms with van der Waals surface area (Å²) in [6.45, 7) is 4.75. The maximum absolute atomic E-state index is 2.51. The number of rotatable bonds is 6. The fourth-order valence-corrected chi connectivity index (χ4v) is 8.99. The Morgan fingerprint density at radius 2 is 1.04 bits per heavy atom. The molecule has 0 bridgehead atoms. The number of para-hydroxylation sites is 2. The van der Waals surface area contributed by atoms with Gasteiger partial charge in [0.2, 0.25) is 0 Å². The normalized spacial score (nSPS) is 15.1. The van der Waals surface area contributed by atoms with Crippen molar-refractivity contribution >= 4 is 27.8 Å². The van der Waals surface area contributed by atoms with E-state index in [4.69, 9.17) is 0 Å². The Balaban J connectivity index is 1.28. The molecule has 1 nitrogen and oxygen atoms in total. The molecule has 1 saturated carbocycles. The number of hydrogen-bond acceptors (Lipinski definition) is 1. The molecular weight excluding hydrogens is 603 g/mol. The molecule has 0 amide bonds. The minimum absolute atomic E-state index is 0.1000. The van der Waals surface area contributed by atoms with Gasteiger partial charge >= 0.3 is 0 Å². The Labute approximate surface area is 296 Å². The van der Waals surface area contributed by atoms with Gasteiger partial charge in [-0.05, 0) is 92.7 Å². The minimum Gasteiger partial charge on any atom is -0.309 e. The number of fused-ring (bicyclic) bond motifs is 4.